The topological polar surface area (TPSA) is 52.7 Å². The molecule has 0 radical (unpaired) electrons. The van der Waals surface area contributed by atoms with Gasteiger partial charge in [0.05, 0.1) is 6.54 Å². The molecule has 1 aliphatic rings. The molecule has 0 saturated carbocycles. The molecule has 23 heavy (non-hydrogen) atoms. The molecule has 1 aliphatic heterocycles. The number of rotatable bonds is 5. The first kappa shape index (κ1) is 18.0. The summed E-state index contributed by atoms with van der Waals surface area (Å²) in [5.41, 5.74) is 0.964. The van der Waals surface area contributed by atoms with Crippen molar-refractivity contribution in [3.63, 3.8) is 0 Å². The van der Waals surface area contributed by atoms with E-state index in [2.05, 4.69) is 10.2 Å². The van der Waals surface area contributed by atoms with Crippen molar-refractivity contribution in [2.24, 2.45) is 0 Å². The third-order valence-electron chi connectivity index (χ3n) is 3.92. The predicted octanol–water partition coefficient (Wildman–Crippen LogP) is 1.82. The third-order valence-corrected chi connectivity index (χ3v) is 4.50. The predicted molar refractivity (Wildman–Crippen MR) is 91.9 cm³/mol. The van der Waals surface area contributed by atoms with Crippen molar-refractivity contribution < 1.29 is 9.59 Å². The van der Waals surface area contributed by atoms with E-state index in [1.165, 1.54) is 0 Å². The van der Waals surface area contributed by atoms with E-state index in [1.54, 1.807) is 24.0 Å². The molecule has 126 valence electrons. The van der Waals surface area contributed by atoms with Crippen LogP contribution >= 0.6 is 23.2 Å². The van der Waals surface area contributed by atoms with Gasteiger partial charge in [0, 0.05) is 49.7 Å². The summed E-state index contributed by atoms with van der Waals surface area (Å²) in [5, 5.41) is 4.12. The van der Waals surface area contributed by atoms with E-state index in [0.29, 0.717) is 42.6 Å². The van der Waals surface area contributed by atoms with Crippen LogP contribution in [-0.4, -0.2) is 60.9 Å². The molecule has 1 saturated heterocycles. The smallest absolute Gasteiger partial charge is 0.234 e. The minimum atomic E-state index is -0.00800. The first-order valence-electron chi connectivity index (χ1n) is 7.64. The third kappa shape index (κ3) is 5.68. The molecule has 0 aliphatic carbocycles. The number of benzene rings is 1. The Morgan fingerprint density at radius 2 is 1.87 bits per heavy atom. The summed E-state index contributed by atoms with van der Waals surface area (Å²) in [6.45, 7) is 5.30. The molecular weight excluding hydrogens is 337 g/mol. The maximum atomic E-state index is 12.0. The summed E-state index contributed by atoms with van der Waals surface area (Å²) < 4.78 is 0. The molecular formula is C16H21Cl2N3O2. The van der Waals surface area contributed by atoms with Crippen molar-refractivity contribution in [1.82, 2.24) is 15.1 Å². The maximum Gasteiger partial charge on any atom is 0.234 e. The molecule has 2 rings (SSSR count). The van der Waals surface area contributed by atoms with E-state index in [-0.39, 0.29) is 11.8 Å². The van der Waals surface area contributed by atoms with Crippen LogP contribution in [0, 0.1) is 0 Å². The number of hydrogen-bond donors (Lipinski definition) is 1. The Morgan fingerprint density at radius 3 is 2.48 bits per heavy atom. The summed E-state index contributed by atoms with van der Waals surface area (Å²) in [6, 6.07) is 5.37. The monoisotopic (exact) mass is 357 g/mol. The van der Waals surface area contributed by atoms with Gasteiger partial charge in [-0.25, -0.2) is 0 Å². The zero-order chi connectivity index (χ0) is 16.8. The number of piperazine rings is 1. The second-order valence-corrected chi connectivity index (χ2v) is 6.46. The number of carbonyl (C=O) groups is 2. The lowest BCUT2D eigenvalue weighted by Gasteiger charge is -2.33. The van der Waals surface area contributed by atoms with Crippen molar-refractivity contribution >= 4 is 35.0 Å². The molecule has 2 amide bonds. The lowest BCUT2D eigenvalue weighted by atomic mass is 10.1. The summed E-state index contributed by atoms with van der Waals surface area (Å²) in [4.78, 5) is 27.1. The zero-order valence-corrected chi connectivity index (χ0v) is 14.7. The molecule has 1 N–H and O–H groups in total. The molecule has 0 unspecified atom stereocenters. The second-order valence-electron chi connectivity index (χ2n) is 5.62. The fourth-order valence-corrected chi connectivity index (χ4v) is 3.04. The molecule has 5 nitrogen and oxygen atoms in total. The maximum absolute atomic E-state index is 12.0. The Labute approximate surface area is 146 Å². The Balaban J connectivity index is 1.68. The largest absolute Gasteiger partial charge is 0.355 e. The van der Waals surface area contributed by atoms with Gasteiger partial charge in [-0.1, -0.05) is 29.3 Å². The van der Waals surface area contributed by atoms with Crippen molar-refractivity contribution in [1.29, 1.82) is 0 Å². The molecule has 1 aromatic carbocycles. The van der Waals surface area contributed by atoms with Crippen molar-refractivity contribution in [2.45, 2.75) is 13.3 Å². The second kappa shape index (κ2) is 8.52. The lowest BCUT2D eigenvalue weighted by molar-refractivity contribution is -0.131. The highest BCUT2D eigenvalue weighted by molar-refractivity contribution is 6.35. The van der Waals surface area contributed by atoms with Crippen LogP contribution in [0.4, 0.5) is 0 Å². The number of hydrogen-bond acceptors (Lipinski definition) is 3. The molecule has 1 fully saturated rings. The first-order valence-corrected chi connectivity index (χ1v) is 8.40. The number of amides is 2. The zero-order valence-electron chi connectivity index (χ0n) is 13.1. The molecule has 0 atom stereocenters. The standard InChI is InChI=1S/C16H21Cl2N3O2/c1-12(22)21-8-6-20(7-9-21)11-16(23)19-5-4-13-2-3-14(17)10-15(13)18/h2-3,10H,4-9,11H2,1H3,(H,19,23). The van der Waals surface area contributed by atoms with Gasteiger partial charge in [-0.05, 0) is 24.1 Å². The van der Waals surface area contributed by atoms with E-state index in [1.807, 2.05) is 6.07 Å². The quantitative estimate of drug-likeness (QED) is 0.874. The van der Waals surface area contributed by atoms with Crippen LogP contribution in [0.2, 0.25) is 10.0 Å². The van der Waals surface area contributed by atoms with Crippen LogP contribution in [-0.2, 0) is 16.0 Å². The van der Waals surface area contributed by atoms with Crippen molar-refractivity contribution in [2.75, 3.05) is 39.3 Å². The van der Waals surface area contributed by atoms with E-state index < -0.39 is 0 Å². The van der Waals surface area contributed by atoms with E-state index in [0.717, 1.165) is 18.7 Å². The summed E-state index contributed by atoms with van der Waals surface area (Å²) in [5.74, 6) is 0.0836. The number of halogens is 2. The number of carbonyl (C=O) groups excluding carboxylic acids is 2. The number of nitrogens with one attached hydrogen (secondary N) is 1. The SMILES string of the molecule is CC(=O)N1CCN(CC(=O)NCCc2ccc(Cl)cc2Cl)CC1. The van der Waals surface area contributed by atoms with Gasteiger partial charge in [-0.3, -0.25) is 14.5 Å². The van der Waals surface area contributed by atoms with Crippen LogP contribution < -0.4 is 5.32 Å². The average molecular weight is 358 g/mol. The van der Waals surface area contributed by atoms with E-state index >= 15 is 0 Å². The van der Waals surface area contributed by atoms with Crippen LogP contribution in [0.25, 0.3) is 0 Å². The molecule has 0 aromatic heterocycles. The highest BCUT2D eigenvalue weighted by atomic mass is 35.5. The van der Waals surface area contributed by atoms with Crippen LogP contribution in [0.1, 0.15) is 12.5 Å². The van der Waals surface area contributed by atoms with Gasteiger partial charge >= 0.3 is 0 Å². The minimum absolute atomic E-state index is 0.00800. The Bertz CT molecular complexity index is 572. The van der Waals surface area contributed by atoms with Crippen molar-refractivity contribution in [3.05, 3.63) is 33.8 Å². The van der Waals surface area contributed by atoms with Gasteiger partial charge in [0.1, 0.15) is 0 Å². The number of nitrogens with zero attached hydrogens (tertiary/aromatic N) is 2. The molecule has 1 heterocycles. The van der Waals surface area contributed by atoms with Gasteiger partial charge in [-0.15, -0.1) is 0 Å². The van der Waals surface area contributed by atoms with E-state index in [4.69, 9.17) is 23.2 Å². The van der Waals surface area contributed by atoms with Crippen LogP contribution in [0.5, 0.6) is 0 Å². The van der Waals surface area contributed by atoms with Gasteiger partial charge in [-0.2, -0.15) is 0 Å². The molecule has 0 spiro atoms. The fourth-order valence-electron chi connectivity index (χ4n) is 2.54. The van der Waals surface area contributed by atoms with Gasteiger partial charge in [0.2, 0.25) is 11.8 Å². The highest BCUT2D eigenvalue weighted by Gasteiger charge is 2.20. The summed E-state index contributed by atoms with van der Waals surface area (Å²) in [7, 11) is 0. The average Bonchev–Trinajstić information content (AvgIpc) is 2.50. The van der Waals surface area contributed by atoms with Crippen LogP contribution in [0.15, 0.2) is 18.2 Å². The Morgan fingerprint density at radius 1 is 1.17 bits per heavy atom. The molecule has 7 heteroatoms. The summed E-state index contributed by atoms with van der Waals surface area (Å²) >= 11 is 12.0. The van der Waals surface area contributed by atoms with Gasteiger partial charge in [0.25, 0.3) is 0 Å². The Kier molecular flexibility index (Phi) is 6.69. The van der Waals surface area contributed by atoms with Crippen molar-refractivity contribution in [3.8, 4) is 0 Å². The van der Waals surface area contributed by atoms with Gasteiger partial charge in [0.15, 0.2) is 0 Å². The first-order chi connectivity index (χ1) is 11.0. The highest BCUT2D eigenvalue weighted by Crippen LogP contribution is 2.21. The molecule has 0 bridgehead atoms. The van der Waals surface area contributed by atoms with E-state index in [9.17, 15) is 9.59 Å². The fraction of sp³-hybridized carbons (Fsp3) is 0.500. The van der Waals surface area contributed by atoms with Crippen LogP contribution in [0.3, 0.4) is 0 Å². The lowest BCUT2D eigenvalue weighted by Crippen LogP contribution is -2.50. The Hall–Kier alpha value is -1.30. The molecule has 1 aromatic rings. The minimum Gasteiger partial charge on any atom is -0.355 e. The normalized spacial score (nSPS) is 15.5. The van der Waals surface area contributed by atoms with Gasteiger partial charge < -0.3 is 10.2 Å². The summed E-state index contributed by atoms with van der Waals surface area (Å²) in [6.07, 6.45) is 0.667.